The molecule has 6 heteroatoms. The molecule has 0 aliphatic carbocycles. The fraction of sp³-hybridized carbons (Fsp3) is 0.0714. The number of hydrogen-bond acceptors (Lipinski definition) is 3. The Balaban J connectivity index is 1.85. The Morgan fingerprint density at radius 2 is 2.00 bits per heavy atom. The Bertz CT molecular complexity index is 602. The fourth-order valence-electron chi connectivity index (χ4n) is 1.51. The van der Waals surface area contributed by atoms with Crippen LogP contribution in [0.4, 0.5) is 0 Å². The second-order valence-electron chi connectivity index (χ2n) is 4.00. The summed E-state index contributed by atoms with van der Waals surface area (Å²) in [4.78, 5) is 15.9. The molecule has 4 nitrogen and oxygen atoms in total. The predicted molar refractivity (Wildman–Crippen MR) is 85.3 cm³/mol. The van der Waals surface area contributed by atoms with Gasteiger partial charge in [0.15, 0.2) is 5.11 Å². The quantitative estimate of drug-likeness (QED) is 0.836. The molecule has 0 saturated carbocycles. The molecule has 0 atom stereocenters. The van der Waals surface area contributed by atoms with Crippen LogP contribution in [0.5, 0.6) is 0 Å². The van der Waals surface area contributed by atoms with Crippen molar-refractivity contribution >= 4 is 39.2 Å². The number of thiocarbonyl (C=S) groups is 1. The first-order valence-corrected chi connectivity index (χ1v) is 7.09. The van der Waals surface area contributed by atoms with Crippen LogP contribution in [0.25, 0.3) is 0 Å². The first kappa shape index (κ1) is 14.6. The van der Waals surface area contributed by atoms with E-state index < -0.39 is 0 Å². The van der Waals surface area contributed by atoms with Gasteiger partial charge in [0.2, 0.25) is 0 Å². The van der Waals surface area contributed by atoms with Crippen molar-refractivity contribution in [1.29, 1.82) is 0 Å². The molecular weight excluding hydrogens is 338 g/mol. The number of rotatable bonds is 3. The highest BCUT2D eigenvalue weighted by molar-refractivity contribution is 9.10. The van der Waals surface area contributed by atoms with Gasteiger partial charge in [-0.25, -0.2) is 0 Å². The molecule has 1 aromatic carbocycles. The van der Waals surface area contributed by atoms with Crippen molar-refractivity contribution in [2.24, 2.45) is 0 Å². The maximum absolute atomic E-state index is 11.9. The van der Waals surface area contributed by atoms with Crippen LogP contribution in [-0.4, -0.2) is 16.0 Å². The van der Waals surface area contributed by atoms with E-state index in [0.717, 1.165) is 10.0 Å². The monoisotopic (exact) mass is 349 g/mol. The van der Waals surface area contributed by atoms with E-state index in [2.05, 4.69) is 31.5 Å². The van der Waals surface area contributed by atoms with Crippen LogP contribution >= 0.6 is 28.1 Å². The zero-order valence-corrected chi connectivity index (χ0v) is 12.9. The average molecular weight is 350 g/mol. The average Bonchev–Trinajstić information content (AvgIpc) is 2.47. The van der Waals surface area contributed by atoms with Gasteiger partial charge in [-0.15, -0.1) is 0 Å². The standard InChI is InChI=1S/C14H12BrN3OS/c15-12-5-3-11(4-6-12)13(19)18-14(20)17-9-10-2-1-7-16-8-10/h1-8H,9H2,(H2,17,18,19,20). The molecule has 2 N–H and O–H groups in total. The minimum atomic E-state index is -0.235. The molecule has 0 aliphatic heterocycles. The van der Waals surface area contributed by atoms with E-state index in [4.69, 9.17) is 12.2 Å². The zero-order chi connectivity index (χ0) is 14.4. The number of halogens is 1. The smallest absolute Gasteiger partial charge is 0.257 e. The summed E-state index contributed by atoms with van der Waals surface area (Å²) in [6.45, 7) is 0.521. The van der Waals surface area contributed by atoms with Crippen molar-refractivity contribution in [1.82, 2.24) is 15.6 Å². The first-order chi connectivity index (χ1) is 9.65. The normalized spacial score (nSPS) is 9.85. The lowest BCUT2D eigenvalue weighted by Crippen LogP contribution is -2.38. The van der Waals surface area contributed by atoms with Gasteiger partial charge in [-0.1, -0.05) is 22.0 Å². The number of pyridine rings is 1. The number of nitrogens with one attached hydrogen (secondary N) is 2. The highest BCUT2D eigenvalue weighted by Crippen LogP contribution is 2.10. The van der Waals surface area contributed by atoms with Gasteiger partial charge in [-0.3, -0.25) is 15.1 Å². The largest absolute Gasteiger partial charge is 0.358 e. The van der Waals surface area contributed by atoms with Crippen molar-refractivity contribution in [2.75, 3.05) is 0 Å². The molecule has 0 saturated heterocycles. The molecule has 0 bridgehead atoms. The Kier molecular flexibility index (Phi) is 5.20. The molecular formula is C14H12BrN3OS. The Labute approximate surface area is 130 Å². The molecule has 20 heavy (non-hydrogen) atoms. The maximum Gasteiger partial charge on any atom is 0.257 e. The van der Waals surface area contributed by atoms with Gasteiger partial charge in [0, 0.05) is 29.0 Å². The van der Waals surface area contributed by atoms with Gasteiger partial charge in [-0.2, -0.15) is 0 Å². The molecule has 0 aliphatic rings. The number of aromatic nitrogens is 1. The lowest BCUT2D eigenvalue weighted by molar-refractivity contribution is 0.0976. The van der Waals surface area contributed by atoms with E-state index in [9.17, 15) is 4.79 Å². The summed E-state index contributed by atoms with van der Waals surface area (Å²) >= 11 is 8.40. The third-order valence-corrected chi connectivity index (χ3v) is 3.28. The van der Waals surface area contributed by atoms with Crippen LogP contribution < -0.4 is 10.6 Å². The predicted octanol–water partition coefficient (Wildman–Crippen LogP) is 2.65. The van der Waals surface area contributed by atoms with Crippen molar-refractivity contribution in [3.8, 4) is 0 Å². The fourth-order valence-corrected chi connectivity index (χ4v) is 1.93. The van der Waals surface area contributed by atoms with Crippen LogP contribution in [0.2, 0.25) is 0 Å². The molecule has 2 rings (SSSR count). The number of hydrogen-bond donors (Lipinski definition) is 2. The second kappa shape index (κ2) is 7.12. The van der Waals surface area contributed by atoms with Gasteiger partial charge < -0.3 is 5.32 Å². The summed E-state index contributed by atoms with van der Waals surface area (Å²) in [5, 5.41) is 5.89. The second-order valence-corrected chi connectivity index (χ2v) is 5.33. The molecule has 1 heterocycles. The molecule has 0 spiro atoms. The molecule has 0 radical (unpaired) electrons. The highest BCUT2D eigenvalue weighted by atomic mass is 79.9. The molecule has 1 aromatic heterocycles. The van der Waals surface area contributed by atoms with Crippen LogP contribution in [-0.2, 0) is 6.54 Å². The topological polar surface area (TPSA) is 54.0 Å². The van der Waals surface area contributed by atoms with E-state index in [1.54, 1.807) is 36.7 Å². The van der Waals surface area contributed by atoms with Gasteiger partial charge >= 0.3 is 0 Å². The number of nitrogens with zero attached hydrogens (tertiary/aromatic N) is 1. The maximum atomic E-state index is 11.9. The highest BCUT2D eigenvalue weighted by Gasteiger charge is 2.07. The van der Waals surface area contributed by atoms with Gasteiger partial charge in [0.1, 0.15) is 0 Å². The molecule has 1 amide bonds. The zero-order valence-electron chi connectivity index (χ0n) is 10.5. The number of carbonyl (C=O) groups excluding carboxylic acids is 1. The minimum absolute atomic E-state index is 0.235. The summed E-state index contributed by atoms with van der Waals surface area (Å²) in [5.74, 6) is -0.235. The summed E-state index contributed by atoms with van der Waals surface area (Å²) in [6, 6.07) is 10.8. The van der Waals surface area contributed by atoms with E-state index in [-0.39, 0.29) is 5.91 Å². The van der Waals surface area contributed by atoms with Gasteiger partial charge in [0.05, 0.1) is 0 Å². The van der Waals surface area contributed by atoms with E-state index >= 15 is 0 Å². The van der Waals surface area contributed by atoms with Crippen molar-refractivity contribution in [3.05, 3.63) is 64.4 Å². The summed E-state index contributed by atoms with van der Waals surface area (Å²) in [7, 11) is 0. The van der Waals surface area contributed by atoms with Crippen LogP contribution in [0.3, 0.4) is 0 Å². The van der Waals surface area contributed by atoms with Crippen molar-refractivity contribution < 1.29 is 4.79 Å². The number of carbonyl (C=O) groups is 1. The molecule has 102 valence electrons. The molecule has 2 aromatic rings. The van der Waals surface area contributed by atoms with Crippen LogP contribution in [0.1, 0.15) is 15.9 Å². The SMILES string of the molecule is O=C(NC(=S)NCc1cccnc1)c1ccc(Br)cc1. The summed E-state index contributed by atoms with van der Waals surface area (Å²) in [5.41, 5.74) is 1.55. The van der Waals surface area contributed by atoms with Crippen LogP contribution in [0, 0.1) is 0 Å². The van der Waals surface area contributed by atoms with E-state index in [1.807, 2.05) is 12.1 Å². The lowest BCUT2D eigenvalue weighted by atomic mass is 10.2. The van der Waals surface area contributed by atoms with Crippen molar-refractivity contribution in [2.45, 2.75) is 6.54 Å². The minimum Gasteiger partial charge on any atom is -0.358 e. The first-order valence-electron chi connectivity index (χ1n) is 5.89. The third-order valence-electron chi connectivity index (χ3n) is 2.51. The Morgan fingerprint density at radius 1 is 1.25 bits per heavy atom. The summed E-state index contributed by atoms with van der Waals surface area (Å²) in [6.07, 6.45) is 3.45. The number of benzene rings is 1. The number of amides is 1. The Hall–Kier alpha value is -1.79. The molecule has 0 unspecified atom stereocenters. The van der Waals surface area contributed by atoms with Gasteiger partial charge in [0.25, 0.3) is 5.91 Å². The van der Waals surface area contributed by atoms with Crippen molar-refractivity contribution in [3.63, 3.8) is 0 Å². The van der Waals surface area contributed by atoms with Crippen LogP contribution in [0.15, 0.2) is 53.3 Å². The third kappa shape index (κ3) is 4.40. The lowest BCUT2D eigenvalue weighted by Gasteiger charge is -2.09. The molecule has 0 fully saturated rings. The van der Waals surface area contributed by atoms with E-state index in [0.29, 0.717) is 17.2 Å². The van der Waals surface area contributed by atoms with E-state index in [1.165, 1.54) is 0 Å². The summed E-state index contributed by atoms with van der Waals surface area (Å²) < 4.78 is 0.923. The van der Waals surface area contributed by atoms with Gasteiger partial charge in [-0.05, 0) is 48.1 Å². The Morgan fingerprint density at radius 3 is 2.65 bits per heavy atom.